The standard InChI is InChI=1S/C14H15NO4/c16-13(17)9-3-1-8(2-4-9)12-11-7-15-6-5-10(11)14(18)19-12/h5-9,12H,1-4H2,(H,16,17). The third-order valence-electron chi connectivity index (χ3n) is 4.16. The van der Waals surface area contributed by atoms with E-state index in [1.165, 1.54) is 0 Å². The number of hydrogen-bond acceptors (Lipinski definition) is 4. The lowest BCUT2D eigenvalue weighted by Gasteiger charge is -2.29. The summed E-state index contributed by atoms with van der Waals surface area (Å²) >= 11 is 0. The quantitative estimate of drug-likeness (QED) is 0.826. The maximum atomic E-state index is 11.7. The third-order valence-corrected chi connectivity index (χ3v) is 4.16. The molecule has 0 spiro atoms. The zero-order valence-corrected chi connectivity index (χ0v) is 10.4. The van der Waals surface area contributed by atoms with Crippen molar-refractivity contribution in [2.24, 2.45) is 11.8 Å². The van der Waals surface area contributed by atoms with E-state index in [0.29, 0.717) is 18.4 Å². The van der Waals surface area contributed by atoms with Crippen molar-refractivity contribution in [1.82, 2.24) is 4.98 Å². The minimum atomic E-state index is -0.719. The van der Waals surface area contributed by atoms with Gasteiger partial charge in [-0.05, 0) is 31.7 Å². The van der Waals surface area contributed by atoms with Crippen molar-refractivity contribution in [3.63, 3.8) is 0 Å². The fraction of sp³-hybridized carbons (Fsp3) is 0.500. The van der Waals surface area contributed by atoms with Crippen molar-refractivity contribution in [2.75, 3.05) is 0 Å². The smallest absolute Gasteiger partial charge is 0.339 e. The molecule has 1 aliphatic heterocycles. The fourth-order valence-electron chi connectivity index (χ4n) is 3.08. The van der Waals surface area contributed by atoms with Crippen LogP contribution in [0.15, 0.2) is 18.5 Å². The van der Waals surface area contributed by atoms with Crippen LogP contribution in [0.3, 0.4) is 0 Å². The Morgan fingerprint density at radius 2 is 2.05 bits per heavy atom. The summed E-state index contributed by atoms with van der Waals surface area (Å²) in [5.41, 5.74) is 1.45. The minimum Gasteiger partial charge on any atom is -0.481 e. The molecular weight excluding hydrogens is 246 g/mol. The molecule has 1 saturated carbocycles. The van der Waals surface area contributed by atoms with Gasteiger partial charge in [-0.3, -0.25) is 9.78 Å². The molecule has 1 atom stereocenters. The van der Waals surface area contributed by atoms with E-state index in [4.69, 9.17) is 9.84 Å². The lowest BCUT2D eigenvalue weighted by atomic mass is 9.78. The van der Waals surface area contributed by atoms with E-state index >= 15 is 0 Å². The van der Waals surface area contributed by atoms with Crippen LogP contribution >= 0.6 is 0 Å². The maximum Gasteiger partial charge on any atom is 0.339 e. The van der Waals surface area contributed by atoms with Gasteiger partial charge in [0.05, 0.1) is 11.5 Å². The molecular formula is C14H15NO4. The summed E-state index contributed by atoms with van der Waals surface area (Å²) in [5, 5.41) is 8.99. The van der Waals surface area contributed by atoms with Gasteiger partial charge in [0.25, 0.3) is 0 Å². The summed E-state index contributed by atoms with van der Waals surface area (Å²) in [5.74, 6) is -1.04. The Hall–Kier alpha value is -1.91. The first-order valence-corrected chi connectivity index (χ1v) is 6.54. The van der Waals surface area contributed by atoms with Crippen LogP contribution in [0.1, 0.15) is 47.7 Å². The summed E-state index contributed by atoms with van der Waals surface area (Å²) in [7, 11) is 0. The van der Waals surface area contributed by atoms with Gasteiger partial charge in [0, 0.05) is 23.9 Å². The molecule has 0 amide bonds. The molecule has 1 unspecified atom stereocenters. The van der Waals surface area contributed by atoms with Crippen molar-refractivity contribution < 1.29 is 19.4 Å². The highest BCUT2D eigenvalue weighted by atomic mass is 16.5. The number of pyridine rings is 1. The number of carboxylic acid groups (broad SMARTS) is 1. The van der Waals surface area contributed by atoms with Crippen molar-refractivity contribution in [1.29, 1.82) is 0 Å². The highest BCUT2D eigenvalue weighted by molar-refractivity contribution is 5.93. The first kappa shape index (κ1) is 12.1. The normalized spacial score (nSPS) is 29.7. The van der Waals surface area contributed by atoms with Crippen LogP contribution in [-0.4, -0.2) is 22.0 Å². The number of carboxylic acids is 1. The van der Waals surface area contributed by atoms with Gasteiger partial charge >= 0.3 is 11.9 Å². The molecule has 3 rings (SSSR count). The highest BCUT2D eigenvalue weighted by Gasteiger charge is 2.39. The molecule has 5 nitrogen and oxygen atoms in total. The average Bonchev–Trinajstić information content (AvgIpc) is 2.77. The van der Waals surface area contributed by atoms with Crippen molar-refractivity contribution in [3.8, 4) is 0 Å². The number of fused-ring (bicyclic) bond motifs is 1. The van der Waals surface area contributed by atoms with Gasteiger partial charge in [-0.2, -0.15) is 0 Å². The molecule has 0 bridgehead atoms. The van der Waals surface area contributed by atoms with E-state index < -0.39 is 5.97 Å². The van der Waals surface area contributed by atoms with E-state index in [0.717, 1.165) is 18.4 Å². The monoisotopic (exact) mass is 261 g/mol. The second-order valence-electron chi connectivity index (χ2n) is 5.24. The molecule has 1 aliphatic carbocycles. The molecule has 2 heterocycles. The third kappa shape index (κ3) is 2.09. The Kier molecular flexibility index (Phi) is 2.97. The van der Waals surface area contributed by atoms with Gasteiger partial charge in [-0.1, -0.05) is 0 Å². The lowest BCUT2D eigenvalue weighted by Crippen LogP contribution is -2.25. The van der Waals surface area contributed by atoms with Crippen LogP contribution < -0.4 is 0 Å². The van der Waals surface area contributed by atoms with Crippen molar-refractivity contribution >= 4 is 11.9 Å². The summed E-state index contributed by atoms with van der Waals surface area (Å²) in [6, 6.07) is 1.68. The fourth-order valence-corrected chi connectivity index (χ4v) is 3.08. The summed E-state index contributed by atoms with van der Waals surface area (Å²) in [6.45, 7) is 0. The van der Waals surface area contributed by atoms with Crippen LogP contribution in [0.2, 0.25) is 0 Å². The second-order valence-corrected chi connectivity index (χ2v) is 5.24. The van der Waals surface area contributed by atoms with E-state index in [9.17, 15) is 9.59 Å². The largest absolute Gasteiger partial charge is 0.481 e. The number of ether oxygens (including phenoxy) is 1. The minimum absolute atomic E-state index is 0.213. The number of carbonyl (C=O) groups excluding carboxylic acids is 1. The molecule has 0 saturated heterocycles. The average molecular weight is 261 g/mol. The Labute approximate surface area is 110 Å². The van der Waals surface area contributed by atoms with E-state index in [-0.39, 0.29) is 23.9 Å². The van der Waals surface area contributed by atoms with E-state index in [2.05, 4.69) is 4.98 Å². The Morgan fingerprint density at radius 1 is 1.32 bits per heavy atom. The predicted molar refractivity (Wildman–Crippen MR) is 65.5 cm³/mol. The number of nitrogens with zero attached hydrogens (tertiary/aromatic N) is 1. The summed E-state index contributed by atoms with van der Waals surface area (Å²) in [4.78, 5) is 26.7. The van der Waals surface area contributed by atoms with Crippen LogP contribution in [0.5, 0.6) is 0 Å². The molecule has 0 aromatic carbocycles. The lowest BCUT2D eigenvalue weighted by molar-refractivity contribution is -0.143. The summed E-state index contributed by atoms with van der Waals surface area (Å²) in [6.07, 6.45) is 5.91. The van der Waals surface area contributed by atoms with E-state index in [1.54, 1.807) is 18.5 Å². The van der Waals surface area contributed by atoms with Crippen LogP contribution in [0, 0.1) is 11.8 Å². The van der Waals surface area contributed by atoms with Crippen LogP contribution in [0.25, 0.3) is 0 Å². The Morgan fingerprint density at radius 3 is 2.74 bits per heavy atom. The van der Waals surface area contributed by atoms with Gasteiger partial charge in [0.2, 0.25) is 0 Å². The first-order chi connectivity index (χ1) is 9.16. The number of cyclic esters (lactones) is 1. The first-order valence-electron chi connectivity index (χ1n) is 6.54. The van der Waals surface area contributed by atoms with Crippen LogP contribution in [-0.2, 0) is 9.53 Å². The maximum absolute atomic E-state index is 11.7. The Bertz CT molecular complexity index is 520. The van der Waals surface area contributed by atoms with Gasteiger partial charge in [-0.15, -0.1) is 0 Å². The molecule has 100 valence electrons. The molecule has 19 heavy (non-hydrogen) atoms. The molecule has 1 aromatic heterocycles. The number of aromatic nitrogens is 1. The van der Waals surface area contributed by atoms with Crippen molar-refractivity contribution in [3.05, 3.63) is 29.6 Å². The second kappa shape index (κ2) is 4.64. The molecule has 1 fully saturated rings. The molecule has 5 heteroatoms. The van der Waals surface area contributed by atoms with Crippen LogP contribution in [0.4, 0.5) is 0 Å². The molecule has 1 N–H and O–H groups in total. The predicted octanol–water partition coefficient (Wildman–Crippen LogP) is 2.18. The number of hydrogen-bond donors (Lipinski definition) is 1. The highest BCUT2D eigenvalue weighted by Crippen LogP contribution is 2.43. The molecule has 2 aliphatic rings. The number of rotatable bonds is 2. The zero-order valence-electron chi connectivity index (χ0n) is 10.4. The number of esters is 1. The van der Waals surface area contributed by atoms with Gasteiger partial charge in [-0.25, -0.2) is 4.79 Å². The van der Waals surface area contributed by atoms with E-state index in [1.807, 2.05) is 0 Å². The molecule has 0 radical (unpaired) electrons. The van der Waals surface area contributed by atoms with Gasteiger partial charge < -0.3 is 9.84 Å². The SMILES string of the molecule is O=C1OC(C2CCC(C(=O)O)CC2)c2cnccc21. The summed E-state index contributed by atoms with van der Waals surface area (Å²) < 4.78 is 5.44. The van der Waals surface area contributed by atoms with Gasteiger partial charge in [0.1, 0.15) is 6.10 Å². The molecule has 1 aromatic rings. The zero-order chi connectivity index (χ0) is 13.4. The Balaban J connectivity index is 1.75. The number of carbonyl (C=O) groups is 2. The number of aliphatic carboxylic acids is 1. The topological polar surface area (TPSA) is 76.5 Å². The van der Waals surface area contributed by atoms with Crippen molar-refractivity contribution in [2.45, 2.75) is 31.8 Å². The van der Waals surface area contributed by atoms with Gasteiger partial charge in [0.15, 0.2) is 0 Å².